The molecule has 0 aliphatic heterocycles. The largest absolute Gasteiger partial charge is 0.463 e. The lowest BCUT2D eigenvalue weighted by atomic mass is 10.2. The first-order valence-corrected chi connectivity index (χ1v) is 6.22. The quantitative estimate of drug-likeness (QED) is 0.517. The van der Waals surface area contributed by atoms with Gasteiger partial charge in [-0.05, 0) is 62.6 Å². The van der Waals surface area contributed by atoms with Gasteiger partial charge in [-0.3, -0.25) is 0 Å². The van der Waals surface area contributed by atoms with E-state index in [1.165, 1.54) is 6.08 Å². The lowest BCUT2D eigenvalue weighted by molar-refractivity contribution is -0.137. The number of esters is 1. The molecule has 5 heteroatoms. The van der Waals surface area contributed by atoms with Crippen molar-refractivity contribution in [2.24, 2.45) is 0 Å². The van der Waals surface area contributed by atoms with Crippen molar-refractivity contribution < 1.29 is 9.53 Å². The predicted octanol–water partition coefficient (Wildman–Crippen LogP) is 3.37. The van der Waals surface area contributed by atoms with Crippen LogP contribution in [0.15, 0.2) is 27.2 Å². The van der Waals surface area contributed by atoms with Crippen LogP contribution in [-0.4, -0.2) is 12.6 Å². The summed E-state index contributed by atoms with van der Waals surface area (Å²) in [6.45, 7) is 2.14. The second-order valence-electron chi connectivity index (χ2n) is 2.98. The zero-order chi connectivity index (χ0) is 12.1. The second kappa shape index (κ2) is 6.06. The average Bonchev–Trinajstić information content (AvgIpc) is 2.23. The van der Waals surface area contributed by atoms with E-state index in [2.05, 4.69) is 31.9 Å². The van der Waals surface area contributed by atoms with Crippen LogP contribution in [0.3, 0.4) is 0 Å². The van der Waals surface area contributed by atoms with Gasteiger partial charge in [-0.25, -0.2) is 4.79 Å². The highest BCUT2D eigenvalue weighted by Gasteiger charge is 2.02. The minimum atomic E-state index is -0.355. The number of anilines is 1. The van der Waals surface area contributed by atoms with Crippen molar-refractivity contribution in [2.75, 3.05) is 12.3 Å². The fraction of sp³-hybridized carbons (Fsp3) is 0.182. The molecule has 0 saturated heterocycles. The summed E-state index contributed by atoms with van der Waals surface area (Å²) in [4.78, 5) is 11.1. The van der Waals surface area contributed by atoms with Crippen LogP contribution in [0, 0.1) is 0 Å². The summed E-state index contributed by atoms with van der Waals surface area (Å²) in [5.74, 6) is -0.355. The predicted molar refractivity (Wildman–Crippen MR) is 71.9 cm³/mol. The summed E-state index contributed by atoms with van der Waals surface area (Å²) in [6.07, 6.45) is 3.06. The number of carbonyl (C=O) groups is 1. The van der Waals surface area contributed by atoms with Gasteiger partial charge in [0.1, 0.15) is 0 Å². The molecule has 0 spiro atoms. The van der Waals surface area contributed by atoms with Crippen LogP contribution in [-0.2, 0) is 9.53 Å². The lowest BCUT2D eigenvalue weighted by Gasteiger charge is -2.03. The number of hydrogen-bond acceptors (Lipinski definition) is 3. The first-order valence-electron chi connectivity index (χ1n) is 4.64. The van der Waals surface area contributed by atoms with Crippen LogP contribution in [0.1, 0.15) is 12.5 Å². The van der Waals surface area contributed by atoms with Crippen molar-refractivity contribution in [1.82, 2.24) is 0 Å². The van der Waals surface area contributed by atoms with Gasteiger partial charge in [0.2, 0.25) is 0 Å². The molecular formula is C11H11Br2NO2. The van der Waals surface area contributed by atoms with E-state index in [0.29, 0.717) is 12.3 Å². The standard InChI is InChI=1S/C11H11Br2NO2/c1-2-16-10(15)4-3-7-5-8(12)11(14)9(13)6-7/h3-6H,2,14H2,1H3. The Hall–Kier alpha value is -0.810. The summed E-state index contributed by atoms with van der Waals surface area (Å²) >= 11 is 6.66. The molecule has 1 aromatic rings. The first-order chi connectivity index (χ1) is 7.54. The molecule has 0 saturated carbocycles. The van der Waals surface area contributed by atoms with E-state index in [0.717, 1.165) is 14.5 Å². The van der Waals surface area contributed by atoms with Crippen LogP contribution in [0.4, 0.5) is 5.69 Å². The summed E-state index contributed by atoms with van der Waals surface area (Å²) in [7, 11) is 0. The molecule has 2 N–H and O–H groups in total. The van der Waals surface area contributed by atoms with E-state index in [4.69, 9.17) is 10.5 Å². The van der Waals surface area contributed by atoms with Crippen molar-refractivity contribution in [3.8, 4) is 0 Å². The van der Waals surface area contributed by atoms with Crippen molar-refractivity contribution in [2.45, 2.75) is 6.92 Å². The van der Waals surface area contributed by atoms with Crippen LogP contribution in [0.5, 0.6) is 0 Å². The highest BCUT2D eigenvalue weighted by atomic mass is 79.9. The van der Waals surface area contributed by atoms with E-state index >= 15 is 0 Å². The Bertz CT molecular complexity index is 407. The van der Waals surface area contributed by atoms with E-state index in [1.807, 2.05) is 12.1 Å². The number of nitrogens with two attached hydrogens (primary N) is 1. The molecule has 0 atom stereocenters. The second-order valence-corrected chi connectivity index (χ2v) is 4.69. The normalized spacial score (nSPS) is 10.7. The minimum Gasteiger partial charge on any atom is -0.463 e. The Morgan fingerprint density at radius 1 is 1.44 bits per heavy atom. The van der Waals surface area contributed by atoms with E-state index < -0.39 is 0 Å². The van der Waals surface area contributed by atoms with Gasteiger partial charge >= 0.3 is 5.97 Å². The summed E-state index contributed by atoms with van der Waals surface area (Å²) in [5.41, 5.74) is 7.24. The number of nitrogen functional groups attached to an aromatic ring is 1. The molecule has 0 aliphatic rings. The van der Waals surface area contributed by atoms with Gasteiger partial charge in [0.05, 0.1) is 12.3 Å². The number of carbonyl (C=O) groups excluding carboxylic acids is 1. The summed E-state index contributed by atoms with van der Waals surface area (Å²) in [6, 6.07) is 3.66. The molecule has 0 aliphatic carbocycles. The summed E-state index contributed by atoms with van der Waals surface area (Å²) in [5, 5.41) is 0. The number of ether oxygens (including phenoxy) is 1. The van der Waals surface area contributed by atoms with Gasteiger partial charge in [0.25, 0.3) is 0 Å². The minimum absolute atomic E-state index is 0.355. The molecule has 3 nitrogen and oxygen atoms in total. The van der Waals surface area contributed by atoms with Crippen LogP contribution >= 0.6 is 31.9 Å². The zero-order valence-corrected chi connectivity index (χ0v) is 11.8. The van der Waals surface area contributed by atoms with Gasteiger partial charge in [-0.2, -0.15) is 0 Å². The molecule has 0 radical (unpaired) electrons. The Balaban J connectivity index is 2.86. The fourth-order valence-corrected chi connectivity index (χ4v) is 2.28. The summed E-state index contributed by atoms with van der Waals surface area (Å²) < 4.78 is 6.34. The molecule has 0 amide bonds. The van der Waals surface area contributed by atoms with Crippen molar-refractivity contribution >= 4 is 49.6 Å². The number of rotatable bonds is 3. The molecule has 0 heterocycles. The first kappa shape index (κ1) is 13.3. The zero-order valence-electron chi connectivity index (χ0n) is 8.67. The highest BCUT2D eigenvalue weighted by molar-refractivity contribution is 9.11. The van der Waals surface area contributed by atoms with Crippen LogP contribution in [0.2, 0.25) is 0 Å². The molecule has 16 heavy (non-hydrogen) atoms. The molecule has 1 rings (SSSR count). The third-order valence-corrected chi connectivity index (χ3v) is 3.11. The molecule has 0 bridgehead atoms. The van der Waals surface area contributed by atoms with Gasteiger partial charge in [0, 0.05) is 15.0 Å². The van der Waals surface area contributed by atoms with E-state index in [-0.39, 0.29) is 5.97 Å². The highest BCUT2D eigenvalue weighted by Crippen LogP contribution is 2.29. The fourth-order valence-electron chi connectivity index (χ4n) is 1.05. The maximum atomic E-state index is 11.1. The Kier molecular flexibility index (Phi) is 5.02. The topological polar surface area (TPSA) is 52.3 Å². The Morgan fingerprint density at radius 3 is 2.50 bits per heavy atom. The van der Waals surface area contributed by atoms with Crippen molar-refractivity contribution in [3.05, 3.63) is 32.7 Å². The van der Waals surface area contributed by atoms with Gasteiger partial charge in [0.15, 0.2) is 0 Å². The molecule has 0 aromatic heterocycles. The SMILES string of the molecule is CCOC(=O)C=Cc1cc(Br)c(N)c(Br)c1. The number of halogens is 2. The molecule has 0 unspecified atom stereocenters. The van der Waals surface area contributed by atoms with Gasteiger partial charge in [-0.1, -0.05) is 0 Å². The molecule has 0 fully saturated rings. The third kappa shape index (κ3) is 3.64. The molecule has 86 valence electrons. The van der Waals surface area contributed by atoms with E-state index in [1.54, 1.807) is 13.0 Å². The molecule has 1 aromatic carbocycles. The number of hydrogen-bond donors (Lipinski definition) is 1. The van der Waals surface area contributed by atoms with Gasteiger partial charge < -0.3 is 10.5 Å². The average molecular weight is 349 g/mol. The number of benzene rings is 1. The van der Waals surface area contributed by atoms with Gasteiger partial charge in [-0.15, -0.1) is 0 Å². The monoisotopic (exact) mass is 347 g/mol. The Labute approximate surface area is 111 Å². The third-order valence-electron chi connectivity index (χ3n) is 1.80. The maximum Gasteiger partial charge on any atom is 0.330 e. The van der Waals surface area contributed by atoms with Crippen molar-refractivity contribution in [1.29, 1.82) is 0 Å². The molecular weight excluding hydrogens is 338 g/mol. The van der Waals surface area contributed by atoms with Crippen LogP contribution < -0.4 is 5.73 Å². The Morgan fingerprint density at radius 2 is 2.00 bits per heavy atom. The maximum absolute atomic E-state index is 11.1. The van der Waals surface area contributed by atoms with Crippen molar-refractivity contribution in [3.63, 3.8) is 0 Å². The smallest absolute Gasteiger partial charge is 0.330 e. The lowest BCUT2D eigenvalue weighted by Crippen LogP contribution is -1.98. The van der Waals surface area contributed by atoms with Crippen LogP contribution in [0.25, 0.3) is 6.08 Å². The van der Waals surface area contributed by atoms with E-state index in [9.17, 15) is 4.79 Å².